The first-order valence-electron chi connectivity index (χ1n) is 6.14. The summed E-state index contributed by atoms with van der Waals surface area (Å²) in [5.41, 5.74) is 0.337. The lowest BCUT2D eigenvalue weighted by Crippen LogP contribution is -2.10. The minimum Gasteiger partial charge on any atom is -0.476 e. The zero-order valence-corrected chi connectivity index (χ0v) is 12.8. The van der Waals surface area contributed by atoms with Crippen molar-refractivity contribution >= 4 is 39.9 Å². The highest BCUT2D eigenvalue weighted by atomic mass is 35.5. The minimum atomic E-state index is -1.29. The SMILES string of the molecule is O=C(O)c1cc(C(=O)Nc2nnc(-c3ccccc3Cl)s2)on1. The average molecular weight is 351 g/mol. The van der Waals surface area contributed by atoms with Crippen LogP contribution < -0.4 is 5.32 Å². The molecule has 23 heavy (non-hydrogen) atoms. The molecule has 3 aromatic rings. The lowest BCUT2D eigenvalue weighted by atomic mass is 10.2. The molecule has 0 atom stereocenters. The van der Waals surface area contributed by atoms with Crippen molar-refractivity contribution in [3.8, 4) is 10.6 Å². The van der Waals surface area contributed by atoms with Crippen molar-refractivity contribution in [2.24, 2.45) is 0 Å². The summed E-state index contributed by atoms with van der Waals surface area (Å²) in [6.45, 7) is 0. The summed E-state index contributed by atoms with van der Waals surface area (Å²) < 4.78 is 4.66. The lowest BCUT2D eigenvalue weighted by Gasteiger charge is -1.97. The Hall–Kier alpha value is -2.78. The van der Waals surface area contributed by atoms with E-state index in [0.717, 1.165) is 17.4 Å². The third kappa shape index (κ3) is 3.20. The molecule has 0 aliphatic carbocycles. The number of carboxylic acids is 1. The van der Waals surface area contributed by atoms with Gasteiger partial charge in [-0.25, -0.2) is 4.79 Å². The van der Waals surface area contributed by atoms with E-state index in [0.29, 0.717) is 15.6 Å². The largest absolute Gasteiger partial charge is 0.476 e. The summed E-state index contributed by atoms with van der Waals surface area (Å²) in [7, 11) is 0. The van der Waals surface area contributed by atoms with Gasteiger partial charge in [-0.05, 0) is 6.07 Å². The number of rotatable bonds is 4. The Morgan fingerprint density at radius 3 is 2.74 bits per heavy atom. The number of hydrogen-bond acceptors (Lipinski definition) is 7. The Morgan fingerprint density at radius 2 is 2.04 bits per heavy atom. The second-order valence-corrected chi connectivity index (χ2v) is 5.61. The van der Waals surface area contributed by atoms with Gasteiger partial charge in [-0.1, -0.05) is 46.3 Å². The lowest BCUT2D eigenvalue weighted by molar-refractivity contribution is 0.0684. The maximum Gasteiger partial charge on any atom is 0.358 e. The van der Waals surface area contributed by atoms with Crippen molar-refractivity contribution in [2.75, 3.05) is 5.32 Å². The Kier molecular flexibility index (Phi) is 4.04. The summed E-state index contributed by atoms with van der Waals surface area (Å²) in [6, 6.07) is 8.12. The van der Waals surface area contributed by atoms with E-state index >= 15 is 0 Å². The molecular weight excluding hydrogens is 344 g/mol. The summed E-state index contributed by atoms with van der Waals surface area (Å²) >= 11 is 7.19. The first kappa shape index (κ1) is 15.1. The summed E-state index contributed by atoms with van der Waals surface area (Å²) in [5, 5.41) is 23.5. The van der Waals surface area contributed by atoms with Crippen molar-refractivity contribution in [2.45, 2.75) is 0 Å². The highest BCUT2D eigenvalue weighted by Crippen LogP contribution is 2.31. The van der Waals surface area contributed by atoms with Gasteiger partial charge in [0.2, 0.25) is 10.9 Å². The second-order valence-electron chi connectivity index (χ2n) is 4.23. The third-order valence-electron chi connectivity index (χ3n) is 2.70. The number of carbonyl (C=O) groups excluding carboxylic acids is 1. The van der Waals surface area contributed by atoms with E-state index in [-0.39, 0.29) is 16.6 Å². The van der Waals surface area contributed by atoms with E-state index in [9.17, 15) is 9.59 Å². The van der Waals surface area contributed by atoms with Crippen LogP contribution in [0.5, 0.6) is 0 Å². The molecule has 0 saturated heterocycles. The van der Waals surface area contributed by atoms with Crippen LogP contribution in [0.25, 0.3) is 10.6 Å². The number of anilines is 1. The van der Waals surface area contributed by atoms with E-state index in [4.69, 9.17) is 16.7 Å². The molecule has 2 heterocycles. The Balaban J connectivity index is 1.77. The van der Waals surface area contributed by atoms with E-state index in [2.05, 4.69) is 25.2 Å². The zero-order valence-electron chi connectivity index (χ0n) is 11.2. The minimum absolute atomic E-state index is 0.221. The van der Waals surface area contributed by atoms with Gasteiger partial charge in [-0.15, -0.1) is 10.2 Å². The molecular formula is C13H7ClN4O4S. The second kappa shape index (κ2) is 6.15. The van der Waals surface area contributed by atoms with Crippen molar-refractivity contribution in [1.29, 1.82) is 0 Å². The number of amides is 1. The predicted molar refractivity (Wildman–Crippen MR) is 81.8 cm³/mol. The number of benzene rings is 1. The maximum atomic E-state index is 11.9. The van der Waals surface area contributed by atoms with Gasteiger partial charge >= 0.3 is 5.97 Å². The monoisotopic (exact) mass is 350 g/mol. The van der Waals surface area contributed by atoms with Crippen LogP contribution in [0, 0.1) is 0 Å². The van der Waals surface area contributed by atoms with E-state index in [1.807, 2.05) is 6.07 Å². The normalized spacial score (nSPS) is 10.5. The number of aromatic carboxylic acids is 1. The highest BCUT2D eigenvalue weighted by molar-refractivity contribution is 7.18. The number of aromatic nitrogens is 3. The van der Waals surface area contributed by atoms with Crippen LogP contribution in [-0.2, 0) is 0 Å². The number of halogens is 1. The van der Waals surface area contributed by atoms with Gasteiger partial charge < -0.3 is 9.63 Å². The Bertz CT molecular complexity index is 891. The van der Waals surface area contributed by atoms with Gasteiger partial charge in [0.05, 0.1) is 5.02 Å². The van der Waals surface area contributed by atoms with Crippen molar-refractivity contribution in [3.05, 3.63) is 46.8 Å². The molecule has 1 aromatic carbocycles. The van der Waals surface area contributed by atoms with Crippen LogP contribution in [0.3, 0.4) is 0 Å². The van der Waals surface area contributed by atoms with Crippen LogP contribution >= 0.6 is 22.9 Å². The van der Waals surface area contributed by atoms with E-state index in [1.54, 1.807) is 18.2 Å². The molecule has 0 saturated carbocycles. The zero-order chi connectivity index (χ0) is 16.4. The molecule has 0 aliphatic heterocycles. The van der Waals surface area contributed by atoms with Crippen LogP contribution in [-0.4, -0.2) is 32.3 Å². The molecule has 10 heteroatoms. The number of nitrogens with one attached hydrogen (secondary N) is 1. The Morgan fingerprint density at radius 1 is 1.26 bits per heavy atom. The number of nitrogens with zero attached hydrogens (tertiary/aromatic N) is 3. The summed E-state index contributed by atoms with van der Waals surface area (Å²) in [5.74, 6) is -2.20. The van der Waals surface area contributed by atoms with Gasteiger partial charge in [-0.2, -0.15) is 0 Å². The van der Waals surface area contributed by atoms with Crippen molar-refractivity contribution < 1.29 is 19.2 Å². The molecule has 2 N–H and O–H groups in total. The van der Waals surface area contributed by atoms with Crippen LogP contribution in [0.15, 0.2) is 34.9 Å². The summed E-state index contributed by atoms with van der Waals surface area (Å²) in [4.78, 5) is 22.6. The van der Waals surface area contributed by atoms with Crippen molar-refractivity contribution in [1.82, 2.24) is 15.4 Å². The smallest absolute Gasteiger partial charge is 0.358 e. The summed E-state index contributed by atoms with van der Waals surface area (Å²) in [6.07, 6.45) is 0. The predicted octanol–water partition coefficient (Wildman–Crippen LogP) is 2.80. The molecule has 0 unspecified atom stereocenters. The molecule has 2 aromatic heterocycles. The van der Waals surface area contributed by atoms with Gasteiger partial charge in [0.1, 0.15) is 0 Å². The molecule has 0 bridgehead atoms. The molecule has 0 fully saturated rings. The van der Waals surface area contributed by atoms with Gasteiger partial charge in [-0.3, -0.25) is 10.1 Å². The molecule has 0 spiro atoms. The Labute approximate surface area is 137 Å². The first-order valence-corrected chi connectivity index (χ1v) is 7.34. The molecule has 0 radical (unpaired) electrons. The number of carbonyl (C=O) groups is 2. The molecule has 8 nitrogen and oxygen atoms in total. The fourth-order valence-corrected chi connectivity index (χ4v) is 2.72. The molecule has 3 rings (SSSR count). The van der Waals surface area contributed by atoms with Crippen LogP contribution in [0.4, 0.5) is 5.13 Å². The average Bonchev–Trinajstić information content (AvgIpc) is 3.16. The van der Waals surface area contributed by atoms with Gasteiger partial charge in [0.25, 0.3) is 5.91 Å². The molecule has 1 amide bonds. The first-order chi connectivity index (χ1) is 11.0. The molecule has 0 aliphatic rings. The van der Waals surface area contributed by atoms with E-state index < -0.39 is 11.9 Å². The van der Waals surface area contributed by atoms with Crippen LogP contribution in [0.1, 0.15) is 21.0 Å². The quantitative estimate of drug-likeness (QED) is 0.742. The highest BCUT2D eigenvalue weighted by Gasteiger charge is 2.18. The fraction of sp³-hybridized carbons (Fsp3) is 0. The standard InChI is InChI=1S/C13H7ClN4O4S/c14-7-4-2-1-3-6(7)11-16-17-13(23-11)15-10(19)9-5-8(12(20)21)18-22-9/h1-5H,(H,20,21)(H,15,17,19). The number of carboxylic acid groups (broad SMARTS) is 1. The topological polar surface area (TPSA) is 118 Å². The maximum absolute atomic E-state index is 11.9. The third-order valence-corrected chi connectivity index (χ3v) is 3.90. The van der Waals surface area contributed by atoms with E-state index in [1.165, 1.54) is 0 Å². The van der Waals surface area contributed by atoms with Gasteiger partial charge in [0.15, 0.2) is 10.7 Å². The number of hydrogen-bond donors (Lipinski definition) is 2. The van der Waals surface area contributed by atoms with Gasteiger partial charge in [0, 0.05) is 11.6 Å². The van der Waals surface area contributed by atoms with Crippen molar-refractivity contribution in [3.63, 3.8) is 0 Å². The molecule has 116 valence electrons. The van der Waals surface area contributed by atoms with Crippen LogP contribution in [0.2, 0.25) is 5.02 Å². The fourth-order valence-electron chi connectivity index (χ4n) is 1.66.